The van der Waals surface area contributed by atoms with E-state index in [4.69, 9.17) is 9.47 Å². The smallest absolute Gasteiger partial charge is 0.243 e. The van der Waals surface area contributed by atoms with Gasteiger partial charge in [-0.2, -0.15) is 0 Å². The minimum Gasteiger partial charge on any atom is -0.454 e. The Kier molecular flexibility index (Phi) is 4.37. The number of benzene rings is 2. The second kappa shape index (κ2) is 6.60. The Morgan fingerprint density at radius 1 is 1.17 bits per heavy atom. The van der Waals surface area contributed by atoms with Gasteiger partial charge in [0.25, 0.3) is 0 Å². The Morgan fingerprint density at radius 3 is 2.83 bits per heavy atom. The maximum absolute atomic E-state index is 12.2. The Balaban J connectivity index is 1.62. The van der Waals surface area contributed by atoms with E-state index in [2.05, 4.69) is 17.6 Å². The molecule has 1 heterocycles. The van der Waals surface area contributed by atoms with Crippen molar-refractivity contribution < 1.29 is 14.3 Å². The van der Waals surface area contributed by atoms with Crippen LogP contribution >= 0.6 is 0 Å². The van der Waals surface area contributed by atoms with Crippen LogP contribution in [0.3, 0.4) is 0 Å². The van der Waals surface area contributed by atoms with Gasteiger partial charge in [0.15, 0.2) is 11.5 Å². The summed E-state index contributed by atoms with van der Waals surface area (Å²) in [5.74, 6) is 1.35. The summed E-state index contributed by atoms with van der Waals surface area (Å²) >= 11 is 0. The summed E-state index contributed by atoms with van der Waals surface area (Å²) in [6, 6.07) is 11.6. The van der Waals surface area contributed by atoms with Gasteiger partial charge >= 0.3 is 0 Å². The van der Waals surface area contributed by atoms with Crippen LogP contribution in [0.4, 0.5) is 11.4 Å². The predicted molar refractivity (Wildman–Crippen MR) is 90.2 cm³/mol. The largest absolute Gasteiger partial charge is 0.454 e. The second-order valence-electron chi connectivity index (χ2n) is 5.43. The quantitative estimate of drug-likeness (QED) is 0.889. The number of aryl methyl sites for hydroxylation is 2. The van der Waals surface area contributed by atoms with Crippen molar-refractivity contribution in [3.63, 3.8) is 0 Å². The number of carbonyl (C=O) groups excluding carboxylic acids is 1. The van der Waals surface area contributed by atoms with Crippen molar-refractivity contribution in [1.82, 2.24) is 0 Å². The average molecular weight is 312 g/mol. The van der Waals surface area contributed by atoms with E-state index in [0.717, 1.165) is 34.7 Å². The van der Waals surface area contributed by atoms with Gasteiger partial charge in [-0.3, -0.25) is 4.79 Å². The van der Waals surface area contributed by atoms with Crippen molar-refractivity contribution in [2.75, 3.05) is 24.0 Å². The van der Waals surface area contributed by atoms with Gasteiger partial charge in [-0.25, -0.2) is 0 Å². The number of hydrogen-bond acceptors (Lipinski definition) is 4. The molecule has 0 fully saturated rings. The standard InChI is InChI=1S/C18H20N2O3/c1-3-13-6-4-5-12(2)18(13)20-17(21)10-19-14-7-8-15-16(9-14)23-11-22-15/h4-9,19H,3,10-11H2,1-2H3,(H,20,21). The van der Waals surface area contributed by atoms with E-state index in [1.54, 1.807) is 0 Å². The summed E-state index contributed by atoms with van der Waals surface area (Å²) in [7, 11) is 0. The lowest BCUT2D eigenvalue weighted by atomic mass is 10.1. The first-order valence-corrected chi connectivity index (χ1v) is 7.69. The van der Waals surface area contributed by atoms with Crippen LogP contribution < -0.4 is 20.1 Å². The first kappa shape index (κ1) is 15.2. The molecule has 1 amide bonds. The van der Waals surface area contributed by atoms with E-state index >= 15 is 0 Å². The Labute approximate surface area is 135 Å². The number of rotatable bonds is 5. The van der Waals surface area contributed by atoms with Gasteiger partial charge in [0.1, 0.15) is 0 Å². The molecule has 23 heavy (non-hydrogen) atoms. The van der Waals surface area contributed by atoms with Crippen molar-refractivity contribution in [2.24, 2.45) is 0 Å². The van der Waals surface area contributed by atoms with Crippen molar-refractivity contribution in [2.45, 2.75) is 20.3 Å². The van der Waals surface area contributed by atoms with Crippen molar-refractivity contribution in [3.8, 4) is 11.5 Å². The molecule has 0 saturated carbocycles. The van der Waals surface area contributed by atoms with Crippen LogP contribution in [0.15, 0.2) is 36.4 Å². The van der Waals surface area contributed by atoms with Crippen LogP contribution in [-0.4, -0.2) is 19.2 Å². The van der Waals surface area contributed by atoms with Gasteiger partial charge in [0, 0.05) is 17.4 Å². The van der Waals surface area contributed by atoms with E-state index in [-0.39, 0.29) is 19.2 Å². The number of para-hydroxylation sites is 1. The average Bonchev–Trinajstić information content (AvgIpc) is 3.02. The molecule has 0 atom stereocenters. The maximum Gasteiger partial charge on any atom is 0.243 e. The van der Waals surface area contributed by atoms with Crippen molar-refractivity contribution >= 4 is 17.3 Å². The fourth-order valence-electron chi connectivity index (χ4n) is 2.57. The van der Waals surface area contributed by atoms with Crippen LogP contribution in [0.2, 0.25) is 0 Å². The van der Waals surface area contributed by atoms with Crippen LogP contribution in [0.1, 0.15) is 18.1 Å². The molecule has 2 aromatic rings. The summed E-state index contributed by atoms with van der Waals surface area (Å²) in [6.45, 7) is 4.51. The van der Waals surface area contributed by atoms with Gasteiger partial charge in [-0.15, -0.1) is 0 Å². The zero-order chi connectivity index (χ0) is 16.2. The molecule has 0 bridgehead atoms. The van der Waals surface area contributed by atoms with Crippen LogP contribution in [0.5, 0.6) is 11.5 Å². The van der Waals surface area contributed by atoms with Crippen LogP contribution in [-0.2, 0) is 11.2 Å². The molecule has 1 aliphatic rings. The molecule has 2 N–H and O–H groups in total. The number of nitrogens with one attached hydrogen (secondary N) is 2. The maximum atomic E-state index is 12.2. The zero-order valence-electron chi connectivity index (χ0n) is 13.3. The third-order valence-corrected chi connectivity index (χ3v) is 3.83. The Hall–Kier alpha value is -2.69. The Bertz CT molecular complexity index is 728. The number of fused-ring (bicyclic) bond motifs is 1. The lowest BCUT2D eigenvalue weighted by molar-refractivity contribution is -0.114. The van der Waals surface area contributed by atoms with Gasteiger partial charge in [0.05, 0.1) is 6.54 Å². The fraction of sp³-hybridized carbons (Fsp3) is 0.278. The second-order valence-corrected chi connectivity index (χ2v) is 5.43. The molecule has 0 radical (unpaired) electrons. The highest BCUT2D eigenvalue weighted by Gasteiger charge is 2.14. The monoisotopic (exact) mass is 312 g/mol. The Morgan fingerprint density at radius 2 is 2.00 bits per heavy atom. The summed E-state index contributed by atoms with van der Waals surface area (Å²) in [5.41, 5.74) is 3.94. The first-order valence-electron chi connectivity index (χ1n) is 7.69. The summed E-state index contributed by atoms with van der Waals surface area (Å²) in [6.07, 6.45) is 0.882. The van der Waals surface area contributed by atoms with Crippen LogP contribution in [0, 0.1) is 6.92 Å². The SMILES string of the molecule is CCc1cccc(C)c1NC(=O)CNc1ccc2c(c1)OCO2. The molecule has 0 aromatic heterocycles. The van der Waals surface area contributed by atoms with Gasteiger partial charge in [0.2, 0.25) is 12.7 Å². The summed E-state index contributed by atoms with van der Waals surface area (Å²) < 4.78 is 10.6. The third-order valence-electron chi connectivity index (χ3n) is 3.83. The molecular weight excluding hydrogens is 292 g/mol. The first-order chi connectivity index (χ1) is 11.2. The summed E-state index contributed by atoms with van der Waals surface area (Å²) in [4.78, 5) is 12.2. The van der Waals surface area contributed by atoms with Gasteiger partial charge < -0.3 is 20.1 Å². The molecule has 0 aliphatic carbocycles. The molecule has 5 nitrogen and oxygen atoms in total. The number of anilines is 2. The number of amides is 1. The van der Waals surface area contributed by atoms with E-state index in [0.29, 0.717) is 5.75 Å². The molecule has 120 valence electrons. The molecule has 0 saturated heterocycles. The topological polar surface area (TPSA) is 59.6 Å². The molecule has 0 spiro atoms. The zero-order valence-corrected chi connectivity index (χ0v) is 13.3. The number of hydrogen-bond donors (Lipinski definition) is 2. The van der Waals surface area contributed by atoms with Crippen LogP contribution in [0.25, 0.3) is 0 Å². The van der Waals surface area contributed by atoms with Gasteiger partial charge in [-0.05, 0) is 36.6 Å². The predicted octanol–water partition coefficient (Wildman–Crippen LogP) is 3.34. The number of carbonyl (C=O) groups is 1. The molecule has 5 heteroatoms. The molecule has 1 aliphatic heterocycles. The fourth-order valence-corrected chi connectivity index (χ4v) is 2.57. The number of ether oxygens (including phenoxy) is 2. The minimum absolute atomic E-state index is 0.0772. The van der Waals surface area contributed by atoms with Crippen molar-refractivity contribution in [1.29, 1.82) is 0 Å². The van der Waals surface area contributed by atoms with E-state index in [9.17, 15) is 4.79 Å². The highest BCUT2D eigenvalue weighted by atomic mass is 16.7. The van der Waals surface area contributed by atoms with E-state index in [1.807, 2.05) is 43.3 Å². The van der Waals surface area contributed by atoms with E-state index in [1.165, 1.54) is 0 Å². The molecular formula is C18H20N2O3. The molecule has 2 aromatic carbocycles. The highest BCUT2D eigenvalue weighted by molar-refractivity contribution is 5.95. The minimum atomic E-state index is -0.0772. The molecule has 0 unspecified atom stereocenters. The summed E-state index contributed by atoms with van der Waals surface area (Å²) in [5, 5.41) is 6.10. The highest BCUT2D eigenvalue weighted by Crippen LogP contribution is 2.34. The van der Waals surface area contributed by atoms with Gasteiger partial charge in [-0.1, -0.05) is 25.1 Å². The lowest BCUT2D eigenvalue weighted by Crippen LogP contribution is -2.22. The normalized spacial score (nSPS) is 12.1. The molecule has 3 rings (SSSR count). The lowest BCUT2D eigenvalue weighted by Gasteiger charge is -2.13. The van der Waals surface area contributed by atoms with E-state index < -0.39 is 0 Å². The third kappa shape index (κ3) is 3.39. The van der Waals surface area contributed by atoms with Crippen molar-refractivity contribution in [3.05, 3.63) is 47.5 Å².